The van der Waals surface area contributed by atoms with E-state index in [1.54, 1.807) is 13.2 Å². The second-order valence-electron chi connectivity index (χ2n) is 4.77. The number of hydrogen-bond acceptors (Lipinski definition) is 5. The molecule has 6 nitrogen and oxygen atoms in total. The number of sulfonamides is 1. The number of hydrogen-bond donors (Lipinski definition) is 3. The van der Waals surface area contributed by atoms with E-state index >= 15 is 0 Å². The van der Waals surface area contributed by atoms with Gasteiger partial charge in [-0.15, -0.1) is 0 Å². The lowest BCUT2D eigenvalue weighted by atomic mass is 10.1. The summed E-state index contributed by atoms with van der Waals surface area (Å²) in [5, 5.41) is 3.10. The fraction of sp³-hybridized carbons (Fsp3) is 0.500. The summed E-state index contributed by atoms with van der Waals surface area (Å²) in [6.45, 7) is 4.35. The van der Waals surface area contributed by atoms with Gasteiger partial charge in [-0.25, -0.2) is 13.1 Å². The molecule has 0 aromatic heterocycles. The van der Waals surface area contributed by atoms with Gasteiger partial charge in [0, 0.05) is 13.7 Å². The Bertz CT molecular complexity index is 541. The first-order valence-electron chi connectivity index (χ1n) is 5.84. The molecule has 19 heavy (non-hydrogen) atoms. The molecule has 0 bridgehead atoms. The van der Waals surface area contributed by atoms with E-state index < -0.39 is 10.0 Å². The fourth-order valence-corrected chi connectivity index (χ4v) is 2.11. The van der Waals surface area contributed by atoms with Gasteiger partial charge < -0.3 is 15.8 Å². The highest BCUT2D eigenvalue weighted by molar-refractivity contribution is 7.89. The van der Waals surface area contributed by atoms with E-state index in [0.717, 1.165) is 0 Å². The zero-order chi connectivity index (χ0) is 14.7. The summed E-state index contributed by atoms with van der Waals surface area (Å²) in [4.78, 5) is 0.168. The summed E-state index contributed by atoms with van der Waals surface area (Å²) in [6.07, 6.45) is 0. The van der Waals surface area contributed by atoms with Crippen LogP contribution in [-0.4, -0.2) is 34.7 Å². The van der Waals surface area contributed by atoms with Crippen molar-refractivity contribution in [3.8, 4) is 0 Å². The minimum atomic E-state index is -3.47. The maximum absolute atomic E-state index is 11.7. The summed E-state index contributed by atoms with van der Waals surface area (Å²) < 4.78 is 31.0. The van der Waals surface area contributed by atoms with E-state index in [-0.39, 0.29) is 10.5 Å². The Morgan fingerprint density at radius 1 is 1.37 bits per heavy atom. The number of nitrogen functional groups attached to an aromatic ring is 1. The third kappa shape index (κ3) is 4.09. The van der Waals surface area contributed by atoms with Gasteiger partial charge in [-0.2, -0.15) is 0 Å². The van der Waals surface area contributed by atoms with Gasteiger partial charge in [-0.3, -0.25) is 0 Å². The summed E-state index contributed by atoms with van der Waals surface area (Å²) >= 11 is 0. The van der Waals surface area contributed by atoms with Crippen molar-refractivity contribution in [1.82, 2.24) is 4.72 Å². The molecule has 0 amide bonds. The normalized spacial score (nSPS) is 12.4. The van der Waals surface area contributed by atoms with Gasteiger partial charge in [0.1, 0.15) is 0 Å². The first-order chi connectivity index (χ1) is 8.72. The predicted octanol–water partition coefficient (Wildman–Crippen LogP) is 1.01. The molecule has 0 aliphatic carbocycles. The van der Waals surface area contributed by atoms with E-state index in [1.165, 1.54) is 19.2 Å². The Kier molecular flexibility index (Phi) is 4.78. The van der Waals surface area contributed by atoms with Crippen LogP contribution >= 0.6 is 0 Å². The molecule has 1 aromatic rings. The molecule has 4 N–H and O–H groups in total. The van der Waals surface area contributed by atoms with Crippen LogP contribution in [0.5, 0.6) is 0 Å². The molecule has 1 aromatic carbocycles. The molecule has 108 valence electrons. The summed E-state index contributed by atoms with van der Waals surface area (Å²) in [5.74, 6) is 0. The Morgan fingerprint density at radius 2 is 2.00 bits per heavy atom. The second kappa shape index (κ2) is 5.77. The van der Waals surface area contributed by atoms with Crippen molar-refractivity contribution in [3.05, 3.63) is 18.2 Å². The van der Waals surface area contributed by atoms with E-state index in [4.69, 9.17) is 10.5 Å². The molecule has 7 heteroatoms. The lowest BCUT2D eigenvalue weighted by Crippen LogP contribution is -2.32. The van der Waals surface area contributed by atoms with Crippen molar-refractivity contribution >= 4 is 21.4 Å². The first-order valence-corrected chi connectivity index (χ1v) is 7.32. The zero-order valence-electron chi connectivity index (χ0n) is 11.6. The van der Waals surface area contributed by atoms with Crippen molar-refractivity contribution in [3.63, 3.8) is 0 Å². The molecule has 0 unspecified atom stereocenters. The zero-order valence-corrected chi connectivity index (χ0v) is 12.5. The molecular weight excluding hydrogens is 266 g/mol. The number of ether oxygens (including phenoxy) is 1. The van der Waals surface area contributed by atoms with Crippen LogP contribution in [0.25, 0.3) is 0 Å². The van der Waals surface area contributed by atoms with Crippen LogP contribution in [0.2, 0.25) is 0 Å². The lowest BCUT2D eigenvalue weighted by molar-refractivity contribution is 0.0344. The Balaban J connectivity index is 2.99. The largest absolute Gasteiger partial charge is 0.397 e. The average molecular weight is 287 g/mol. The van der Waals surface area contributed by atoms with Crippen molar-refractivity contribution in [1.29, 1.82) is 0 Å². The molecule has 0 aliphatic heterocycles. The van der Waals surface area contributed by atoms with Gasteiger partial charge >= 0.3 is 0 Å². The molecule has 1 rings (SSSR count). The van der Waals surface area contributed by atoms with Crippen LogP contribution < -0.4 is 15.8 Å². The van der Waals surface area contributed by atoms with Crippen LogP contribution in [-0.2, 0) is 14.8 Å². The van der Waals surface area contributed by atoms with Gasteiger partial charge in [-0.1, -0.05) is 0 Å². The van der Waals surface area contributed by atoms with Crippen molar-refractivity contribution < 1.29 is 13.2 Å². The van der Waals surface area contributed by atoms with Crippen LogP contribution in [0.3, 0.4) is 0 Å². The molecule has 0 saturated carbocycles. The molecule has 0 aliphatic rings. The third-order valence-corrected chi connectivity index (χ3v) is 4.27. The van der Waals surface area contributed by atoms with Crippen molar-refractivity contribution in [2.75, 3.05) is 31.8 Å². The molecule has 0 radical (unpaired) electrons. The molecular formula is C12H21N3O3S. The molecule has 0 atom stereocenters. The number of benzene rings is 1. The molecule has 0 saturated heterocycles. The second-order valence-corrected chi connectivity index (χ2v) is 6.66. The lowest BCUT2D eigenvalue weighted by Gasteiger charge is -2.24. The number of methoxy groups -OCH3 is 1. The highest BCUT2D eigenvalue weighted by Crippen LogP contribution is 2.23. The third-order valence-electron chi connectivity index (χ3n) is 2.86. The summed E-state index contributed by atoms with van der Waals surface area (Å²) in [6, 6.07) is 4.53. The Labute approximate surface area is 114 Å². The van der Waals surface area contributed by atoms with Crippen molar-refractivity contribution in [2.45, 2.75) is 24.3 Å². The van der Waals surface area contributed by atoms with Crippen LogP contribution in [0.4, 0.5) is 11.4 Å². The van der Waals surface area contributed by atoms with Crippen molar-refractivity contribution in [2.24, 2.45) is 0 Å². The predicted molar refractivity (Wildman–Crippen MR) is 76.7 cm³/mol. The van der Waals surface area contributed by atoms with Gasteiger partial charge in [0.15, 0.2) is 0 Å². The first kappa shape index (κ1) is 15.7. The topological polar surface area (TPSA) is 93.5 Å². The number of nitrogens with one attached hydrogen (secondary N) is 2. The standard InChI is InChI=1S/C12H21N3O3S/c1-12(2,18-4)8-15-11-7-9(5-6-10(11)13)19(16,17)14-3/h5-7,14-15H,8,13H2,1-4H3. The van der Waals surface area contributed by atoms with E-state index in [1.807, 2.05) is 13.8 Å². The maximum atomic E-state index is 11.7. The van der Waals surface area contributed by atoms with E-state index in [0.29, 0.717) is 17.9 Å². The Hall–Kier alpha value is -1.31. The van der Waals surface area contributed by atoms with E-state index in [2.05, 4.69) is 10.0 Å². The van der Waals surface area contributed by atoms with Crippen LogP contribution in [0.15, 0.2) is 23.1 Å². The highest BCUT2D eigenvalue weighted by Gasteiger charge is 2.18. The van der Waals surface area contributed by atoms with Crippen LogP contribution in [0.1, 0.15) is 13.8 Å². The maximum Gasteiger partial charge on any atom is 0.240 e. The number of nitrogens with two attached hydrogens (primary N) is 1. The van der Waals surface area contributed by atoms with Gasteiger partial charge in [0.25, 0.3) is 0 Å². The SMILES string of the molecule is CNS(=O)(=O)c1ccc(N)c(NCC(C)(C)OC)c1. The van der Waals surface area contributed by atoms with Gasteiger partial charge in [-0.05, 0) is 39.1 Å². The number of rotatable bonds is 6. The van der Waals surface area contributed by atoms with Crippen LogP contribution in [0, 0.1) is 0 Å². The Morgan fingerprint density at radius 3 is 2.53 bits per heavy atom. The van der Waals surface area contributed by atoms with Gasteiger partial charge in [0.2, 0.25) is 10.0 Å². The minimum Gasteiger partial charge on any atom is -0.397 e. The fourth-order valence-electron chi connectivity index (χ4n) is 1.35. The smallest absolute Gasteiger partial charge is 0.240 e. The van der Waals surface area contributed by atoms with Gasteiger partial charge in [0.05, 0.1) is 21.9 Å². The quantitative estimate of drug-likeness (QED) is 0.679. The average Bonchev–Trinajstić information content (AvgIpc) is 2.37. The number of anilines is 2. The summed E-state index contributed by atoms with van der Waals surface area (Å²) in [7, 11) is -0.488. The molecule has 0 spiro atoms. The monoisotopic (exact) mass is 287 g/mol. The molecule has 0 fully saturated rings. The highest BCUT2D eigenvalue weighted by atomic mass is 32.2. The molecule has 0 heterocycles. The summed E-state index contributed by atoms with van der Waals surface area (Å²) in [5.41, 5.74) is 6.51. The van der Waals surface area contributed by atoms with E-state index in [9.17, 15) is 8.42 Å². The minimum absolute atomic E-state index is 0.168.